The molecule has 4 unspecified atom stereocenters. The third-order valence-corrected chi connectivity index (χ3v) is 8.17. The SMILES string of the molecule is [B][C@@H]1O[C@H](COC)[C@H](OP(=O)([O-])OC)C1OCC#C.[B][C@@H]1O[C@H](COC)[C@H](OP(=O)([O-])OC)C1OCc1cn(CC(=O)OCC)nn1.[Na+].[Na+]. The second-order valence-electron chi connectivity index (χ2n) is 9.56. The maximum absolute atomic E-state index is 11.7. The molecule has 2 aliphatic heterocycles. The van der Waals surface area contributed by atoms with Crippen LogP contribution in [-0.2, 0) is 78.3 Å². The monoisotopic (exact) mass is 753 g/mol. The van der Waals surface area contributed by atoms with Crippen molar-refractivity contribution in [3.05, 3.63) is 11.9 Å². The average Bonchev–Trinajstić information content (AvgIpc) is 3.66. The van der Waals surface area contributed by atoms with Gasteiger partial charge in [-0.2, -0.15) is 0 Å². The number of hydrogen-bond acceptors (Lipinski definition) is 18. The van der Waals surface area contributed by atoms with E-state index in [9.17, 15) is 23.7 Å². The maximum Gasteiger partial charge on any atom is 1.00 e. The van der Waals surface area contributed by atoms with Gasteiger partial charge in [0.25, 0.3) is 15.6 Å². The summed E-state index contributed by atoms with van der Waals surface area (Å²) in [6, 6.07) is -1.83. The first kappa shape index (κ1) is 49.3. The van der Waals surface area contributed by atoms with Crippen molar-refractivity contribution < 1.29 is 134 Å². The number of methoxy groups -OCH3 is 2. The molecule has 0 bridgehead atoms. The Morgan fingerprint density at radius 2 is 1.43 bits per heavy atom. The van der Waals surface area contributed by atoms with Crippen molar-refractivity contribution in [1.29, 1.82) is 0 Å². The van der Waals surface area contributed by atoms with E-state index in [1.165, 1.54) is 25.1 Å². The van der Waals surface area contributed by atoms with Crippen LogP contribution < -0.4 is 68.9 Å². The van der Waals surface area contributed by atoms with Crippen LogP contribution in [0.15, 0.2) is 6.20 Å². The van der Waals surface area contributed by atoms with Gasteiger partial charge in [-0.3, -0.25) is 13.9 Å². The molecule has 19 nitrogen and oxygen atoms in total. The number of hydrogen-bond donors (Lipinski definition) is 0. The largest absolute Gasteiger partial charge is 1.00 e. The van der Waals surface area contributed by atoms with Gasteiger partial charge in [0, 0.05) is 40.4 Å². The molecule has 49 heavy (non-hydrogen) atoms. The van der Waals surface area contributed by atoms with Crippen LogP contribution in [0.5, 0.6) is 0 Å². The molecule has 2 saturated heterocycles. The summed E-state index contributed by atoms with van der Waals surface area (Å²) in [5, 5.41) is 7.67. The van der Waals surface area contributed by atoms with E-state index in [4.69, 9.17) is 64.3 Å². The molecule has 3 rings (SSSR count). The quantitative estimate of drug-likeness (QED) is 0.0587. The zero-order chi connectivity index (χ0) is 35.2. The summed E-state index contributed by atoms with van der Waals surface area (Å²) >= 11 is 0. The molecular formula is C24H37B2N3Na2O16P2. The minimum Gasteiger partial charge on any atom is -0.756 e. The number of esters is 1. The van der Waals surface area contributed by atoms with E-state index < -0.39 is 70.2 Å². The molecule has 0 spiro atoms. The Hall–Kier alpha value is 0.280. The number of ether oxygens (including phenoxy) is 7. The molecule has 1 aromatic rings. The number of carbonyl (C=O) groups is 1. The average molecular weight is 753 g/mol. The Labute approximate surface area is 331 Å². The number of aromatic nitrogens is 3. The summed E-state index contributed by atoms with van der Waals surface area (Å²) < 4.78 is 79.4. The van der Waals surface area contributed by atoms with Crippen molar-refractivity contribution in [1.82, 2.24) is 15.0 Å². The Balaban J connectivity index is 0.000000967. The second-order valence-corrected chi connectivity index (χ2v) is 12.5. The number of carbonyl (C=O) groups excluding carboxylic acids is 1. The minimum absolute atomic E-state index is 0. The number of terminal acetylenes is 1. The molecule has 1 aromatic heterocycles. The summed E-state index contributed by atoms with van der Waals surface area (Å²) in [6.45, 7) is 1.89. The molecule has 2 fully saturated rings. The predicted molar refractivity (Wildman–Crippen MR) is 155 cm³/mol. The topological polar surface area (TPSA) is 230 Å². The van der Waals surface area contributed by atoms with Gasteiger partial charge in [0.15, 0.2) is 0 Å². The Kier molecular flexibility index (Phi) is 24.7. The van der Waals surface area contributed by atoms with Crippen molar-refractivity contribution in [2.75, 3.05) is 54.9 Å². The van der Waals surface area contributed by atoms with Crippen molar-refractivity contribution in [3.8, 4) is 12.3 Å². The molecule has 0 aromatic carbocycles. The minimum atomic E-state index is -4.57. The van der Waals surface area contributed by atoms with Crippen LogP contribution in [0.3, 0.4) is 0 Å². The van der Waals surface area contributed by atoms with Gasteiger partial charge >= 0.3 is 65.1 Å². The van der Waals surface area contributed by atoms with Gasteiger partial charge in [0.1, 0.15) is 71.2 Å². The first-order chi connectivity index (χ1) is 22.2. The van der Waals surface area contributed by atoms with E-state index in [0.29, 0.717) is 5.69 Å². The zero-order valence-electron chi connectivity index (χ0n) is 28.4. The molecule has 3 heterocycles. The van der Waals surface area contributed by atoms with Gasteiger partial charge in [-0.15, -0.1) is 11.5 Å². The van der Waals surface area contributed by atoms with Gasteiger partial charge in [0.2, 0.25) is 0 Å². The Morgan fingerprint density at radius 3 is 1.86 bits per heavy atom. The molecule has 0 aliphatic carbocycles. The first-order valence-electron chi connectivity index (χ1n) is 13.9. The smallest absolute Gasteiger partial charge is 0.756 e. The molecule has 2 aliphatic rings. The summed E-state index contributed by atoms with van der Waals surface area (Å²) in [5.74, 6) is 1.81. The number of rotatable bonds is 18. The fraction of sp³-hybridized carbons (Fsp3) is 0.792. The molecule has 0 amide bonds. The number of phosphoric ester groups is 2. The summed E-state index contributed by atoms with van der Waals surface area (Å²) in [7, 11) is 7.43. The van der Waals surface area contributed by atoms with Crippen molar-refractivity contribution in [2.45, 2.75) is 68.7 Å². The van der Waals surface area contributed by atoms with E-state index in [2.05, 4.69) is 25.3 Å². The fourth-order valence-corrected chi connectivity index (χ4v) is 5.55. The first-order valence-corrected chi connectivity index (χ1v) is 16.8. The van der Waals surface area contributed by atoms with Crippen LogP contribution in [0.25, 0.3) is 0 Å². The molecule has 262 valence electrons. The van der Waals surface area contributed by atoms with Gasteiger partial charge in [-0.25, -0.2) is 4.68 Å². The summed E-state index contributed by atoms with van der Waals surface area (Å²) in [4.78, 5) is 34.6. The van der Waals surface area contributed by atoms with Gasteiger partial charge in [0.05, 0.1) is 32.6 Å². The normalized spacial score (nSPS) is 28.4. The maximum atomic E-state index is 11.7. The van der Waals surface area contributed by atoms with Gasteiger partial charge in [-0.1, -0.05) is 11.1 Å². The van der Waals surface area contributed by atoms with Crippen LogP contribution in [-0.4, -0.2) is 140 Å². The second kappa shape index (κ2) is 24.6. The molecule has 0 N–H and O–H groups in total. The molecule has 4 radical (unpaired) electrons. The summed E-state index contributed by atoms with van der Waals surface area (Å²) in [5.41, 5.74) is 0.391. The van der Waals surface area contributed by atoms with E-state index in [1.54, 1.807) is 6.92 Å². The summed E-state index contributed by atoms with van der Waals surface area (Å²) in [6.07, 6.45) is 1.29. The van der Waals surface area contributed by atoms with Gasteiger partial charge in [-0.05, 0) is 6.92 Å². The van der Waals surface area contributed by atoms with Crippen molar-refractivity contribution >= 4 is 37.3 Å². The van der Waals surface area contributed by atoms with Gasteiger partial charge < -0.3 is 61.0 Å². The zero-order valence-corrected chi connectivity index (χ0v) is 34.2. The van der Waals surface area contributed by atoms with Crippen LogP contribution in [0.2, 0.25) is 0 Å². The third-order valence-electron chi connectivity index (χ3n) is 6.27. The number of nitrogens with zero attached hydrogens (tertiary/aromatic N) is 3. The van der Waals surface area contributed by atoms with Crippen LogP contribution >= 0.6 is 15.6 Å². The van der Waals surface area contributed by atoms with Crippen molar-refractivity contribution in [3.63, 3.8) is 0 Å². The molecule has 0 saturated carbocycles. The standard InChI is InChI=1S/C14H23BN3O9P.C10H16BO7P.2Na/c1-4-24-11(19)6-18-5-9(16-17-18)7-25-13-12(27-28(20,21)23-3)10(8-22-2)26-14(13)15;1-4-5-16-9-8(18-19(12,13)15-3)7(6-14-2)17-10(9)11;;/h5,10,12-14H,4,6-8H2,1-3H3,(H,20,21);1,7-10H,5-6H2,2-3H3,(H,12,13);;/q;;2*+1/p-2/t10-,12+,13?,14-;7-,8+,9?,10-;;/m11../s1. The number of phosphoric acid groups is 2. The van der Waals surface area contributed by atoms with Crippen molar-refractivity contribution in [2.24, 2.45) is 0 Å². The molecule has 25 heteroatoms. The van der Waals surface area contributed by atoms with Crippen LogP contribution in [0.1, 0.15) is 12.6 Å². The molecule has 10 atom stereocenters. The molecular weight excluding hydrogens is 716 g/mol. The van der Waals surface area contributed by atoms with E-state index in [0.717, 1.165) is 14.2 Å². The van der Waals surface area contributed by atoms with E-state index >= 15 is 0 Å². The van der Waals surface area contributed by atoms with E-state index in [-0.39, 0.29) is 98.7 Å². The van der Waals surface area contributed by atoms with Crippen LogP contribution in [0.4, 0.5) is 0 Å². The fourth-order valence-electron chi connectivity index (χ4n) is 4.27. The van der Waals surface area contributed by atoms with E-state index in [1.807, 2.05) is 0 Å². The van der Waals surface area contributed by atoms with Crippen LogP contribution in [0, 0.1) is 12.3 Å². The Bertz CT molecular complexity index is 1250. The predicted octanol–water partition coefficient (Wildman–Crippen LogP) is -8.18. The third kappa shape index (κ3) is 16.5. The Morgan fingerprint density at radius 1 is 0.939 bits per heavy atom.